The molecule has 0 N–H and O–H groups in total. The Hall–Kier alpha value is -2.50. The number of hydrogen-bond acceptors (Lipinski definition) is 4. The van der Waals surface area contributed by atoms with Crippen LogP contribution in [0.1, 0.15) is 30.9 Å². The lowest BCUT2D eigenvalue weighted by Crippen LogP contribution is -2.22. The normalized spacial score (nSPS) is 11.4. The molecule has 2 heterocycles. The van der Waals surface area contributed by atoms with Crippen LogP contribution >= 0.6 is 0 Å². The van der Waals surface area contributed by atoms with Crippen molar-refractivity contribution in [1.29, 1.82) is 0 Å². The molecule has 0 radical (unpaired) electrons. The van der Waals surface area contributed by atoms with Crippen molar-refractivity contribution < 1.29 is 0 Å². The third-order valence-electron chi connectivity index (χ3n) is 3.60. The first-order valence-electron chi connectivity index (χ1n) is 6.90. The van der Waals surface area contributed by atoms with Gasteiger partial charge in [-0.2, -0.15) is 0 Å². The molecule has 0 aliphatic carbocycles. The summed E-state index contributed by atoms with van der Waals surface area (Å²) < 4.78 is 3.08. The van der Waals surface area contributed by atoms with Crippen molar-refractivity contribution in [2.75, 3.05) is 0 Å². The summed E-state index contributed by atoms with van der Waals surface area (Å²) in [5.74, 6) is 0.408. The highest BCUT2D eigenvalue weighted by Gasteiger charge is 2.12. The minimum atomic E-state index is -0.161. The van der Waals surface area contributed by atoms with Crippen LogP contribution in [-0.2, 0) is 13.6 Å². The number of hydrogen-bond donors (Lipinski definition) is 0. The van der Waals surface area contributed by atoms with Crippen LogP contribution in [0.5, 0.6) is 0 Å². The Balaban J connectivity index is 2.07. The number of nitrogens with zero attached hydrogens (tertiary/aromatic N) is 5. The maximum absolute atomic E-state index is 12.4. The van der Waals surface area contributed by atoms with Crippen molar-refractivity contribution in [3.63, 3.8) is 0 Å². The summed E-state index contributed by atoms with van der Waals surface area (Å²) in [5, 5.41) is 7.74. The van der Waals surface area contributed by atoms with E-state index in [1.807, 2.05) is 18.2 Å². The van der Waals surface area contributed by atoms with Gasteiger partial charge in [-0.1, -0.05) is 43.3 Å². The lowest BCUT2D eigenvalue weighted by molar-refractivity contribution is 0.718. The molecule has 3 aromatic rings. The molecule has 0 fully saturated rings. The quantitative estimate of drug-likeness (QED) is 0.734. The topological polar surface area (TPSA) is 65.6 Å². The molecule has 0 saturated heterocycles. The second kappa shape index (κ2) is 5.12. The fraction of sp³-hybridized carbons (Fsp3) is 0.333. The van der Waals surface area contributed by atoms with Gasteiger partial charge in [0.25, 0.3) is 5.56 Å². The molecule has 3 rings (SSSR count). The average molecular weight is 283 g/mol. The monoisotopic (exact) mass is 283 g/mol. The van der Waals surface area contributed by atoms with E-state index in [2.05, 4.69) is 35.2 Å². The van der Waals surface area contributed by atoms with E-state index in [1.54, 1.807) is 17.9 Å². The highest BCUT2D eigenvalue weighted by molar-refractivity contribution is 5.67. The molecular weight excluding hydrogens is 266 g/mol. The van der Waals surface area contributed by atoms with Gasteiger partial charge in [0.1, 0.15) is 6.33 Å². The highest BCUT2D eigenvalue weighted by atomic mass is 16.1. The molecule has 21 heavy (non-hydrogen) atoms. The van der Waals surface area contributed by atoms with Crippen LogP contribution in [0.25, 0.3) is 11.2 Å². The minimum absolute atomic E-state index is 0.161. The van der Waals surface area contributed by atoms with Crippen LogP contribution in [-0.4, -0.2) is 24.5 Å². The van der Waals surface area contributed by atoms with Crippen molar-refractivity contribution in [1.82, 2.24) is 24.5 Å². The number of benzene rings is 1. The first-order chi connectivity index (χ1) is 10.1. The third kappa shape index (κ3) is 2.33. The van der Waals surface area contributed by atoms with Gasteiger partial charge in [0.05, 0.1) is 6.54 Å². The fourth-order valence-corrected chi connectivity index (χ4v) is 2.49. The van der Waals surface area contributed by atoms with Crippen molar-refractivity contribution in [3.8, 4) is 0 Å². The van der Waals surface area contributed by atoms with E-state index in [1.165, 1.54) is 10.2 Å². The van der Waals surface area contributed by atoms with Gasteiger partial charge in [-0.05, 0) is 17.0 Å². The molecule has 108 valence electrons. The highest BCUT2D eigenvalue weighted by Crippen LogP contribution is 2.19. The predicted octanol–water partition coefficient (Wildman–Crippen LogP) is 1.70. The van der Waals surface area contributed by atoms with Crippen molar-refractivity contribution in [2.24, 2.45) is 7.05 Å². The van der Waals surface area contributed by atoms with Gasteiger partial charge in [0.15, 0.2) is 11.2 Å². The molecule has 0 saturated carbocycles. The van der Waals surface area contributed by atoms with Gasteiger partial charge in [0.2, 0.25) is 0 Å². The van der Waals surface area contributed by atoms with Gasteiger partial charge in [-0.15, -0.1) is 5.10 Å². The fourth-order valence-electron chi connectivity index (χ4n) is 2.49. The molecule has 0 aliphatic rings. The van der Waals surface area contributed by atoms with E-state index in [0.717, 1.165) is 5.56 Å². The molecule has 1 aromatic carbocycles. The zero-order chi connectivity index (χ0) is 15.0. The Labute approximate surface area is 122 Å². The first-order valence-corrected chi connectivity index (χ1v) is 6.90. The van der Waals surface area contributed by atoms with Gasteiger partial charge in [-0.3, -0.25) is 9.36 Å². The van der Waals surface area contributed by atoms with Crippen molar-refractivity contribution in [2.45, 2.75) is 26.3 Å². The smallest absolute Gasteiger partial charge is 0.283 e. The average Bonchev–Trinajstić information content (AvgIpc) is 2.84. The van der Waals surface area contributed by atoms with Gasteiger partial charge >= 0.3 is 0 Å². The molecule has 6 nitrogen and oxygen atoms in total. The zero-order valence-electron chi connectivity index (χ0n) is 12.3. The van der Waals surface area contributed by atoms with Crippen LogP contribution in [0, 0.1) is 0 Å². The lowest BCUT2D eigenvalue weighted by atomic mass is 9.97. The molecule has 6 heteroatoms. The molecule has 0 amide bonds. The maximum atomic E-state index is 12.4. The summed E-state index contributed by atoms with van der Waals surface area (Å²) in [6, 6.07) is 8.15. The standard InChI is InChI=1S/C15H17N5O/c1-10(2)12-7-5-4-6-11(12)8-20-9-16-14-13(15(20)21)17-18-19(14)3/h4-7,9-10H,8H2,1-3H3. The minimum Gasteiger partial charge on any atom is -0.293 e. The second-order valence-corrected chi connectivity index (χ2v) is 5.42. The second-order valence-electron chi connectivity index (χ2n) is 5.42. The van der Waals surface area contributed by atoms with Gasteiger partial charge in [-0.25, -0.2) is 9.67 Å². The molecule has 0 spiro atoms. The molecule has 0 aliphatic heterocycles. The Morgan fingerprint density at radius 1 is 1.24 bits per heavy atom. The number of aromatic nitrogens is 5. The SMILES string of the molecule is CC(C)c1ccccc1Cn1cnc2c(nnn2C)c1=O. The molecular formula is C15H17N5O. The van der Waals surface area contributed by atoms with Gasteiger partial charge in [0, 0.05) is 7.05 Å². The van der Waals surface area contributed by atoms with E-state index < -0.39 is 0 Å². The maximum Gasteiger partial charge on any atom is 0.283 e. The van der Waals surface area contributed by atoms with E-state index in [0.29, 0.717) is 23.6 Å². The van der Waals surface area contributed by atoms with Crippen LogP contribution in [0.15, 0.2) is 35.4 Å². The van der Waals surface area contributed by atoms with E-state index in [4.69, 9.17) is 0 Å². The summed E-state index contributed by atoms with van der Waals surface area (Å²) in [4.78, 5) is 16.7. The summed E-state index contributed by atoms with van der Waals surface area (Å²) in [6.45, 7) is 4.78. The predicted molar refractivity (Wildman–Crippen MR) is 80.2 cm³/mol. The first kappa shape index (κ1) is 13.5. The van der Waals surface area contributed by atoms with Crippen LogP contribution in [0.4, 0.5) is 0 Å². The zero-order valence-corrected chi connectivity index (χ0v) is 12.3. The third-order valence-corrected chi connectivity index (χ3v) is 3.60. The molecule has 2 aromatic heterocycles. The molecule has 0 bridgehead atoms. The summed E-state index contributed by atoms with van der Waals surface area (Å²) >= 11 is 0. The van der Waals surface area contributed by atoms with Crippen LogP contribution in [0.2, 0.25) is 0 Å². The Kier molecular flexibility index (Phi) is 3.29. The van der Waals surface area contributed by atoms with Gasteiger partial charge < -0.3 is 0 Å². The van der Waals surface area contributed by atoms with Crippen LogP contribution < -0.4 is 5.56 Å². The van der Waals surface area contributed by atoms with E-state index in [9.17, 15) is 4.79 Å². The Bertz CT molecular complexity index is 847. The molecule has 0 unspecified atom stereocenters. The summed E-state index contributed by atoms with van der Waals surface area (Å²) in [6.07, 6.45) is 1.56. The summed E-state index contributed by atoms with van der Waals surface area (Å²) in [5.41, 5.74) is 3.02. The number of aryl methyl sites for hydroxylation is 1. The van der Waals surface area contributed by atoms with Crippen LogP contribution in [0.3, 0.4) is 0 Å². The number of rotatable bonds is 3. The summed E-state index contributed by atoms with van der Waals surface area (Å²) in [7, 11) is 1.72. The Morgan fingerprint density at radius 2 is 2.00 bits per heavy atom. The largest absolute Gasteiger partial charge is 0.293 e. The number of fused-ring (bicyclic) bond motifs is 1. The van der Waals surface area contributed by atoms with Crippen molar-refractivity contribution >= 4 is 11.2 Å². The van der Waals surface area contributed by atoms with Crippen molar-refractivity contribution in [3.05, 3.63) is 52.1 Å². The lowest BCUT2D eigenvalue weighted by Gasteiger charge is -2.13. The molecule has 0 atom stereocenters. The van der Waals surface area contributed by atoms with E-state index >= 15 is 0 Å². The van der Waals surface area contributed by atoms with E-state index in [-0.39, 0.29) is 5.56 Å². The Morgan fingerprint density at radius 3 is 2.76 bits per heavy atom.